The van der Waals surface area contributed by atoms with Crippen molar-refractivity contribution >= 4 is 17.9 Å². The van der Waals surface area contributed by atoms with Crippen molar-refractivity contribution in [2.45, 2.75) is 316 Å². The number of rotatable bonds is 61. The van der Waals surface area contributed by atoms with Gasteiger partial charge < -0.3 is 14.2 Å². The van der Waals surface area contributed by atoms with Gasteiger partial charge in [-0.3, -0.25) is 14.4 Å². The Balaban J connectivity index is 4.37. The second-order valence-corrected chi connectivity index (χ2v) is 22.3. The van der Waals surface area contributed by atoms with Crippen molar-refractivity contribution in [1.82, 2.24) is 0 Å². The first-order chi connectivity index (χ1) is 40.5. The lowest BCUT2D eigenvalue weighted by molar-refractivity contribution is -0.167. The molecule has 0 aliphatic carbocycles. The van der Waals surface area contributed by atoms with Gasteiger partial charge in [-0.15, -0.1) is 0 Å². The van der Waals surface area contributed by atoms with E-state index in [0.29, 0.717) is 19.3 Å². The number of hydrogen-bond donors (Lipinski definition) is 0. The molecule has 0 aliphatic heterocycles. The number of esters is 3. The van der Waals surface area contributed by atoms with Gasteiger partial charge >= 0.3 is 17.9 Å². The number of hydrogen-bond acceptors (Lipinski definition) is 6. The quantitative estimate of drug-likeness (QED) is 0.0261. The van der Waals surface area contributed by atoms with E-state index in [2.05, 4.69) is 154 Å². The molecule has 0 radical (unpaired) electrons. The molecule has 0 amide bonds. The van der Waals surface area contributed by atoms with Gasteiger partial charge in [-0.05, 0) is 141 Å². The maximum absolute atomic E-state index is 12.9. The molecule has 466 valence electrons. The molecule has 82 heavy (non-hydrogen) atoms. The van der Waals surface area contributed by atoms with Crippen molar-refractivity contribution in [2.75, 3.05) is 13.2 Å². The summed E-state index contributed by atoms with van der Waals surface area (Å²) in [4.78, 5) is 38.3. The van der Waals surface area contributed by atoms with Crippen LogP contribution in [0.5, 0.6) is 0 Å². The van der Waals surface area contributed by atoms with Crippen molar-refractivity contribution in [2.24, 2.45) is 0 Å². The minimum absolute atomic E-state index is 0.0959. The fourth-order valence-corrected chi connectivity index (χ4v) is 9.25. The Morgan fingerprint density at radius 1 is 0.256 bits per heavy atom. The molecule has 0 rings (SSSR count). The van der Waals surface area contributed by atoms with Gasteiger partial charge in [0.25, 0.3) is 0 Å². The predicted octanol–water partition coefficient (Wildman–Crippen LogP) is 23.7. The highest BCUT2D eigenvalue weighted by Gasteiger charge is 2.19. The van der Waals surface area contributed by atoms with Crippen molar-refractivity contribution < 1.29 is 28.6 Å². The summed E-state index contributed by atoms with van der Waals surface area (Å²) in [5.41, 5.74) is 0. The van der Waals surface area contributed by atoms with Crippen LogP contribution < -0.4 is 0 Å². The summed E-state index contributed by atoms with van der Waals surface area (Å²) in [6.07, 6.45) is 97.5. The van der Waals surface area contributed by atoms with Crippen molar-refractivity contribution in [1.29, 1.82) is 0 Å². The first-order valence-corrected chi connectivity index (χ1v) is 34.2. The molecule has 0 aromatic carbocycles. The van der Waals surface area contributed by atoms with Gasteiger partial charge in [-0.25, -0.2) is 0 Å². The summed E-state index contributed by atoms with van der Waals surface area (Å²) in [6.45, 7) is 6.48. The molecule has 0 fully saturated rings. The Kier molecular flexibility index (Phi) is 65.3. The maximum atomic E-state index is 12.9. The zero-order chi connectivity index (χ0) is 59.2. The van der Waals surface area contributed by atoms with Gasteiger partial charge in [0.2, 0.25) is 0 Å². The number of carbonyl (C=O) groups is 3. The van der Waals surface area contributed by atoms with E-state index in [-0.39, 0.29) is 31.1 Å². The smallest absolute Gasteiger partial charge is 0.306 e. The molecule has 0 N–H and O–H groups in total. The van der Waals surface area contributed by atoms with Crippen LogP contribution in [0, 0.1) is 0 Å². The molecular formula is C76H126O6. The van der Waals surface area contributed by atoms with Crippen LogP contribution in [0.2, 0.25) is 0 Å². The van der Waals surface area contributed by atoms with E-state index < -0.39 is 6.10 Å². The maximum Gasteiger partial charge on any atom is 0.306 e. The van der Waals surface area contributed by atoms with Gasteiger partial charge in [-0.2, -0.15) is 0 Å². The van der Waals surface area contributed by atoms with Crippen LogP contribution >= 0.6 is 0 Å². The molecule has 0 saturated carbocycles. The number of carbonyl (C=O) groups excluding carboxylic acids is 3. The van der Waals surface area contributed by atoms with E-state index in [4.69, 9.17) is 14.2 Å². The van der Waals surface area contributed by atoms with E-state index in [0.717, 1.165) is 135 Å². The third kappa shape index (κ3) is 66.4. The van der Waals surface area contributed by atoms with Crippen LogP contribution in [0.25, 0.3) is 0 Å². The second kappa shape index (κ2) is 69.0. The minimum atomic E-state index is -0.802. The van der Waals surface area contributed by atoms with Crippen LogP contribution in [-0.2, 0) is 28.6 Å². The number of unbranched alkanes of at least 4 members (excludes halogenated alkanes) is 28. The Hall–Kier alpha value is -4.45. The van der Waals surface area contributed by atoms with Gasteiger partial charge in [-0.1, -0.05) is 283 Å². The molecule has 0 aromatic rings. The van der Waals surface area contributed by atoms with Crippen molar-refractivity contribution in [3.05, 3.63) is 134 Å². The highest BCUT2D eigenvalue weighted by Crippen LogP contribution is 2.15. The molecule has 0 spiro atoms. The lowest BCUT2D eigenvalue weighted by Gasteiger charge is -2.18. The summed E-state index contributed by atoms with van der Waals surface area (Å²) in [5, 5.41) is 0. The molecule has 0 saturated heterocycles. The number of allylic oxidation sites excluding steroid dienone is 22. The zero-order valence-electron chi connectivity index (χ0n) is 53.5. The Labute approximate surface area is 506 Å². The van der Waals surface area contributed by atoms with Crippen LogP contribution in [0.4, 0.5) is 0 Å². The fraction of sp³-hybridized carbons (Fsp3) is 0.671. The summed E-state index contributed by atoms with van der Waals surface area (Å²) in [6, 6.07) is 0. The van der Waals surface area contributed by atoms with Crippen LogP contribution in [0.3, 0.4) is 0 Å². The zero-order valence-corrected chi connectivity index (χ0v) is 53.5. The third-order valence-electron chi connectivity index (χ3n) is 14.4. The monoisotopic (exact) mass is 1130 g/mol. The van der Waals surface area contributed by atoms with Crippen LogP contribution in [-0.4, -0.2) is 37.2 Å². The summed E-state index contributed by atoms with van der Waals surface area (Å²) < 4.78 is 16.9. The number of ether oxygens (including phenoxy) is 3. The SMILES string of the molecule is CC/C=C\C/C=C\C/C=C\C/C=C\C/C=C\C/C=C\C/C=C\C/C=C\C/C=C\CCCCCC(=O)OCC(COC(=O)CCCCCCC/C=C\CCCCC)OC(=O)CCCCCCCCCCC/C=C\CCCCCCCCCC. The average molecular weight is 1140 g/mol. The molecule has 6 heteroatoms. The minimum Gasteiger partial charge on any atom is -0.462 e. The molecule has 1 unspecified atom stereocenters. The normalized spacial score (nSPS) is 13.0. The lowest BCUT2D eigenvalue weighted by Crippen LogP contribution is -2.30. The average Bonchev–Trinajstić information content (AvgIpc) is 3.47. The van der Waals surface area contributed by atoms with E-state index in [1.54, 1.807) is 0 Å². The predicted molar refractivity (Wildman–Crippen MR) is 357 cm³/mol. The highest BCUT2D eigenvalue weighted by molar-refractivity contribution is 5.71. The molecule has 1 atom stereocenters. The molecule has 0 bridgehead atoms. The van der Waals surface area contributed by atoms with Gasteiger partial charge in [0.05, 0.1) is 0 Å². The fourth-order valence-electron chi connectivity index (χ4n) is 9.25. The van der Waals surface area contributed by atoms with E-state index in [9.17, 15) is 14.4 Å². The summed E-state index contributed by atoms with van der Waals surface area (Å²) in [5.74, 6) is -0.936. The van der Waals surface area contributed by atoms with Gasteiger partial charge in [0.15, 0.2) is 6.10 Å². The summed E-state index contributed by atoms with van der Waals surface area (Å²) in [7, 11) is 0. The van der Waals surface area contributed by atoms with Crippen LogP contribution in [0.15, 0.2) is 134 Å². The largest absolute Gasteiger partial charge is 0.462 e. The standard InChI is InChI=1S/C76H126O6/c1-4-7-10-13-16-19-22-25-27-29-31-33-34-35-36-37-38-39-40-41-42-44-45-47-49-51-54-57-60-63-66-69-75(78)81-72-73(71-80-74(77)68-65-62-59-56-53-24-21-18-15-12-9-6-3)82-76(79)70-67-64-61-58-55-52-50-48-46-43-32-30-28-26-23-20-17-14-11-8-5-2/h7,10,16,18-19,21,25,27,30-33,35-36,38-39,41-42,45,47,51,54,73H,4-6,8-9,11-15,17,20,22-24,26,28-29,34,37,40,43-44,46,48-50,52-53,55-72H2,1-3H3/b10-7-,19-16-,21-18-,27-25-,32-30-,33-31-,36-35-,39-38-,42-41-,47-45-,54-51-. The molecular weight excluding hydrogens is 1010 g/mol. The van der Waals surface area contributed by atoms with Crippen LogP contribution in [0.1, 0.15) is 310 Å². The van der Waals surface area contributed by atoms with E-state index in [1.807, 2.05) is 0 Å². The van der Waals surface area contributed by atoms with Crippen molar-refractivity contribution in [3.8, 4) is 0 Å². The van der Waals surface area contributed by atoms with E-state index >= 15 is 0 Å². The molecule has 0 aliphatic rings. The Morgan fingerprint density at radius 2 is 0.476 bits per heavy atom. The third-order valence-corrected chi connectivity index (χ3v) is 14.4. The first-order valence-electron chi connectivity index (χ1n) is 34.2. The Bertz CT molecular complexity index is 1730. The Morgan fingerprint density at radius 3 is 0.793 bits per heavy atom. The first kappa shape index (κ1) is 77.5. The summed E-state index contributed by atoms with van der Waals surface area (Å²) >= 11 is 0. The van der Waals surface area contributed by atoms with Gasteiger partial charge in [0, 0.05) is 19.3 Å². The van der Waals surface area contributed by atoms with Crippen molar-refractivity contribution in [3.63, 3.8) is 0 Å². The lowest BCUT2D eigenvalue weighted by atomic mass is 10.1. The van der Waals surface area contributed by atoms with Gasteiger partial charge in [0.1, 0.15) is 13.2 Å². The second-order valence-electron chi connectivity index (χ2n) is 22.3. The topological polar surface area (TPSA) is 78.9 Å². The molecule has 6 nitrogen and oxygen atoms in total. The highest BCUT2D eigenvalue weighted by atomic mass is 16.6. The molecule has 0 heterocycles. The van der Waals surface area contributed by atoms with E-state index in [1.165, 1.54) is 135 Å². The molecule has 0 aromatic heterocycles.